The number of hydrogen-bond donors (Lipinski definition) is 1. The van der Waals surface area contributed by atoms with Crippen molar-refractivity contribution in [3.05, 3.63) is 29.6 Å². The molecule has 98 valence electrons. The summed E-state index contributed by atoms with van der Waals surface area (Å²) in [5.41, 5.74) is 2.08. The van der Waals surface area contributed by atoms with Gasteiger partial charge in [-0.2, -0.15) is 0 Å². The third kappa shape index (κ3) is 2.66. The Morgan fingerprint density at radius 3 is 2.61 bits per heavy atom. The number of hydrogen-bond acceptors (Lipinski definition) is 2. The van der Waals surface area contributed by atoms with Gasteiger partial charge in [-0.3, -0.25) is 0 Å². The van der Waals surface area contributed by atoms with Crippen LogP contribution in [0.25, 0.3) is 0 Å². The van der Waals surface area contributed by atoms with Gasteiger partial charge < -0.3 is 10.2 Å². The van der Waals surface area contributed by atoms with Gasteiger partial charge in [0.05, 0.1) is 0 Å². The van der Waals surface area contributed by atoms with Crippen molar-refractivity contribution in [2.24, 2.45) is 0 Å². The maximum atomic E-state index is 13.7. The molecule has 1 aromatic carbocycles. The Hall–Kier alpha value is -1.09. The Morgan fingerprint density at radius 2 is 2.00 bits per heavy atom. The Kier molecular flexibility index (Phi) is 3.25. The number of benzene rings is 1. The Morgan fingerprint density at radius 1 is 1.22 bits per heavy atom. The molecule has 0 aliphatic heterocycles. The van der Waals surface area contributed by atoms with E-state index in [1.165, 1.54) is 32.1 Å². The van der Waals surface area contributed by atoms with Gasteiger partial charge in [0.2, 0.25) is 0 Å². The average Bonchev–Trinajstić information content (AvgIpc) is 3.07. The molecule has 0 radical (unpaired) electrons. The van der Waals surface area contributed by atoms with E-state index >= 15 is 0 Å². The lowest BCUT2D eigenvalue weighted by molar-refractivity contribution is 0.401. The summed E-state index contributed by atoms with van der Waals surface area (Å²) in [4.78, 5) is 2.23. The summed E-state index contributed by atoms with van der Waals surface area (Å²) in [6, 6.07) is 6.69. The van der Waals surface area contributed by atoms with E-state index in [0.717, 1.165) is 17.8 Å². The van der Waals surface area contributed by atoms with E-state index < -0.39 is 0 Å². The van der Waals surface area contributed by atoms with Crippen LogP contribution in [0.1, 0.15) is 37.7 Å². The topological polar surface area (TPSA) is 15.3 Å². The molecule has 0 unspecified atom stereocenters. The number of nitrogens with zero attached hydrogens (tertiary/aromatic N) is 1. The lowest BCUT2D eigenvalue weighted by Crippen LogP contribution is -2.37. The molecule has 3 rings (SSSR count). The number of anilines is 1. The second kappa shape index (κ2) is 4.88. The second-order valence-electron chi connectivity index (χ2n) is 5.67. The summed E-state index contributed by atoms with van der Waals surface area (Å²) in [7, 11) is 2.08. The molecule has 18 heavy (non-hydrogen) atoms. The van der Waals surface area contributed by atoms with Crippen molar-refractivity contribution in [3.63, 3.8) is 0 Å². The third-order valence-corrected chi connectivity index (χ3v) is 4.14. The van der Waals surface area contributed by atoms with Crippen LogP contribution < -0.4 is 10.2 Å². The lowest BCUT2D eigenvalue weighted by atomic mass is 9.91. The minimum Gasteiger partial charge on any atom is -0.372 e. The van der Waals surface area contributed by atoms with E-state index in [1.807, 2.05) is 0 Å². The lowest BCUT2D eigenvalue weighted by Gasteiger charge is -2.36. The highest BCUT2D eigenvalue weighted by Crippen LogP contribution is 2.29. The van der Waals surface area contributed by atoms with E-state index in [4.69, 9.17) is 0 Å². The molecule has 0 spiro atoms. The third-order valence-electron chi connectivity index (χ3n) is 4.14. The molecule has 0 heterocycles. The van der Waals surface area contributed by atoms with Crippen molar-refractivity contribution in [2.75, 3.05) is 11.9 Å². The number of rotatable bonds is 5. The molecule has 3 heteroatoms. The highest BCUT2D eigenvalue weighted by molar-refractivity contribution is 5.49. The first kappa shape index (κ1) is 12.0. The maximum Gasteiger partial charge on any atom is 0.125 e. The zero-order chi connectivity index (χ0) is 12.5. The van der Waals surface area contributed by atoms with Crippen LogP contribution in [0.2, 0.25) is 0 Å². The zero-order valence-electron chi connectivity index (χ0n) is 11.0. The fourth-order valence-corrected chi connectivity index (χ4v) is 2.47. The summed E-state index contributed by atoms with van der Waals surface area (Å²) in [5.74, 6) is -0.119. The van der Waals surface area contributed by atoms with Crippen LogP contribution in [-0.4, -0.2) is 19.1 Å². The summed E-state index contributed by atoms with van der Waals surface area (Å²) in [6.07, 6.45) is 6.32. The molecule has 0 atom stereocenters. The molecular weight excluding hydrogens is 227 g/mol. The zero-order valence-corrected chi connectivity index (χ0v) is 11.0. The second-order valence-corrected chi connectivity index (χ2v) is 5.67. The van der Waals surface area contributed by atoms with Gasteiger partial charge in [0.25, 0.3) is 0 Å². The van der Waals surface area contributed by atoms with Crippen LogP contribution in [0.4, 0.5) is 10.1 Å². The molecule has 2 nitrogen and oxygen atoms in total. The molecule has 1 N–H and O–H groups in total. The Balaban J connectivity index is 1.71. The molecule has 0 aromatic heterocycles. The van der Waals surface area contributed by atoms with Crippen molar-refractivity contribution < 1.29 is 4.39 Å². The molecule has 2 aliphatic carbocycles. The number of nitrogens with one attached hydrogen (secondary N) is 1. The summed E-state index contributed by atoms with van der Waals surface area (Å²) >= 11 is 0. The minimum absolute atomic E-state index is 0.119. The van der Waals surface area contributed by atoms with Crippen LogP contribution in [-0.2, 0) is 6.54 Å². The van der Waals surface area contributed by atoms with Crippen molar-refractivity contribution in [2.45, 2.75) is 50.7 Å². The summed E-state index contributed by atoms with van der Waals surface area (Å²) in [5, 5.41) is 3.44. The van der Waals surface area contributed by atoms with Crippen molar-refractivity contribution in [1.82, 2.24) is 5.32 Å². The van der Waals surface area contributed by atoms with Crippen LogP contribution in [0.5, 0.6) is 0 Å². The van der Waals surface area contributed by atoms with Gasteiger partial charge in [-0.25, -0.2) is 4.39 Å². The predicted octanol–water partition coefficient (Wildman–Crippen LogP) is 3.07. The van der Waals surface area contributed by atoms with Gasteiger partial charge >= 0.3 is 0 Å². The fraction of sp³-hybridized carbons (Fsp3) is 0.600. The first-order valence-corrected chi connectivity index (χ1v) is 6.98. The highest BCUT2D eigenvalue weighted by Gasteiger charge is 2.23. The van der Waals surface area contributed by atoms with E-state index in [-0.39, 0.29) is 5.82 Å². The van der Waals surface area contributed by atoms with E-state index in [1.54, 1.807) is 12.1 Å². The maximum absolute atomic E-state index is 13.7. The Bertz CT molecular complexity index is 425. The monoisotopic (exact) mass is 248 g/mol. The Labute approximate surface area is 108 Å². The van der Waals surface area contributed by atoms with Crippen LogP contribution in [0.3, 0.4) is 0 Å². The molecular formula is C15H21FN2. The smallest absolute Gasteiger partial charge is 0.125 e. The van der Waals surface area contributed by atoms with E-state index in [9.17, 15) is 4.39 Å². The largest absolute Gasteiger partial charge is 0.372 e. The molecule has 0 amide bonds. The van der Waals surface area contributed by atoms with Crippen molar-refractivity contribution in [3.8, 4) is 0 Å². The summed E-state index contributed by atoms with van der Waals surface area (Å²) in [6.45, 7) is 0.786. The van der Waals surface area contributed by atoms with Gasteiger partial charge in [-0.05, 0) is 55.9 Å². The van der Waals surface area contributed by atoms with Crippen LogP contribution in [0.15, 0.2) is 18.2 Å². The van der Waals surface area contributed by atoms with Gasteiger partial charge in [0.1, 0.15) is 5.82 Å². The van der Waals surface area contributed by atoms with E-state index in [2.05, 4.69) is 23.3 Å². The molecule has 2 aliphatic rings. The van der Waals surface area contributed by atoms with Crippen molar-refractivity contribution in [1.29, 1.82) is 0 Å². The quantitative estimate of drug-likeness (QED) is 0.861. The molecule has 2 fully saturated rings. The molecule has 0 saturated heterocycles. The normalized spacial score (nSPS) is 19.7. The van der Waals surface area contributed by atoms with Gasteiger partial charge in [-0.15, -0.1) is 0 Å². The van der Waals surface area contributed by atoms with Crippen LogP contribution in [0, 0.1) is 5.82 Å². The van der Waals surface area contributed by atoms with Crippen molar-refractivity contribution >= 4 is 5.69 Å². The standard InChI is InChI=1S/C15H21FN2/c1-18(14-3-2-4-14)15-8-11(7-12(16)9-15)10-17-13-5-6-13/h7-9,13-14,17H,2-6,10H2,1H3. The first-order valence-electron chi connectivity index (χ1n) is 6.98. The minimum atomic E-state index is -0.119. The van der Waals surface area contributed by atoms with Crippen LogP contribution >= 0.6 is 0 Å². The molecule has 1 aromatic rings. The highest BCUT2D eigenvalue weighted by atomic mass is 19.1. The van der Waals surface area contributed by atoms with Gasteiger partial charge in [-0.1, -0.05) is 0 Å². The van der Waals surface area contributed by atoms with Gasteiger partial charge in [0.15, 0.2) is 0 Å². The predicted molar refractivity (Wildman–Crippen MR) is 72.3 cm³/mol. The fourth-order valence-electron chi connectivity index (χ4n) is 2.47. The molecule has 0 bridgehead atoms. The SMILES string of the molecule is CN(c1cc(F)cc(CNC2CC2)c1)C1CCC1. The van der Waals surface area contributed by atoms with Gasteiger partial charge in [0, 0.05) is 31.4 Å². The number of halogens is 1. The first-order chi connectivity index (χ1) is 8.72. The average molecular weight is 248 g/mol. The van der Waals surface area contributed by atoms with E-state index in [0.29, 0.717) is 12.1 Å². The molecule has 2 saturated carbocycles. The summed E-state index contributed by atoms with van der Waals surface area (Å²) < 4.78 is 13.7.